The SMILES string of the molecule is CC(=O)NNC(=O)c1c(NC(=O)c2ccc(S(=O)(=O)N(C)Cc3ccccc3)cc2)sc2c1CCN(Cc1ccccc1)C2. The molecule has 228 valence electrons. The van der Waals surface area contributed by atoms with Crippen molar-refractivity contribution < 1.29 is 22.8 Å². The molecule has 0 atom stereocenters. The molecular formula is C32H33N5O5S2. The van der Waals surface area contributed by atoms with E-state index < -0.39 is 27.7 Å². The highest BCUT2D eigenvalue weighted by Crippen LogP contribution is 2.38. The maximum atomic E-state index is 13.3. The van der Waals surface area contributed by atoms with Crippen LogP contribution in [0.15, 0.2) is 89.8 Å². The summed E-state index contributed by atoms with van der Waals surface area (Å²) >= 11 is 1.32. The fourth-order valence-corrected chi connectivity index (χ4v) is 7.47. The molecule has 3 N–H and O–H groups in total. The lowest BCUT2D eigenvalue weighted by atomic mass is 10.0. The largest absolute Gasteiger partial charge is 0.313 e. The second kappa shape index (κ2) is 13.5. The summed E-state index contributed by atoms with van der Waals surface area (Å²) in [6.45, 7) is 3.58. The van der Waals surface area contributed by atoms with E-state index in [2.05, 4.69) is 33.2 Å². The van der Waals surface area contributed by atoms with Crippen LogP contribution >= 0.6 is 11.3 Å². The maximum Gasteiger partial charge on any atom is 0.272 e. The lowest BCUT2D eigenvalue weighted by Gasteiger charge is -2.27. The normalized spacial score (nSPS) is 13.2. The Hall–Kier alpha value is -4.36. The van der Waals surface area contributed by atoms with Crippen LogP contribution < -0.4 is 16.2 Å². The van der Waals surface area contributed by atoms with Gasteiger partial charge in [0.05, 0.1) is 10.5 Å². The predicted molar refractivity (Wildman–Crippen MR) is 169 cm³/mol. The Labute approximate surface area is 260 Å². The van der Waals surface area contributed by atoms with E-state index in [0.29, 0.717) is 23.5 Å². The molecule has 0 unspecified atom stereocenters. The van der Waals surface area contributed by atoms with Crippen LogP contribution in [0.3, 0.4) is 0 Å². The molecule has 0 spiro atoms. The van der Waals surface area contributed by atoms with Crippen LogP contribution in [-0.2, 0) is 40.9 Å². The standard InChI is InChI=1S/C32H33N5O5S2/c1-22(38)34-35-31(40)29-27-17-18-37(20-24-11-7-4-8-12-24)21-28(27)43-32(29)33-30(39)25-13-15-26(16-14-25)44(41,42)36(2)19-23-9-5-3-6-10-23/h3-16H,17-21H2,1-2H3,(H,33,39)(H,34,38)(H,35,40). The fraction of sp³-hybridized carbons (Fsp3) is 0.219. The number of hydrogen-bond donors (Lipinski definition) is 3. The second-order valence-electron chi connectivity index (χ2n) is 10.5. The first-order valence-electron chi connectivity index (χ1n) is 14.0. The summed E-state index contributed by atoms with van der Waals surface area (Å²) in [7, 11) is -2.28. The highest BCUT2D eigenvalue weighted by atomic mass is 32.2. The van der Waals surface area contributed by atoms with Crippen LogP contribution in [-0.4, -0.2) is 48.9 Å². The third-order valence-electron chi connectivity index (χ3n) is 7.26. The number of carbonyl (C=O) groups is 3. The number of hydrazine groups is 1. The molecule has 1 aliphatic heterocycles. The van der Waals surface area contributed by atoms with Crippen LogP contribution in [0.1, 0.15) is 49.2 Å². The van der Waals surface area contributed by atoms with Gasteiger partial charge in [-0.1, -0.05) is 60.7 Å². The number of rotatable bonds is 9. The first-order chi connectivity index (χ1) is 21.1. The molecule has 4 aromatic rings. The number of carbonyl (C=O) groups excluding carboxylic acids is 3. The van der Waals surface area contributed by atoms with Crippen molar-refractivity contribution in [3.05, 3.63) is 118 Å². The number of benzene rings is 3. The smallest absolute Gasteiger partial charge is 0.272 e. The summed E-state index contributed by atoms with van der Waals surface area (Å²) in [5, 5.41) is 3.22. The molecule has 0 saturated carbocycles. The van der Waals surface area contributed by atoms with E-state index in [0.717, 1.165) is 29.1 Å². The number of anilines is 1. The van der Waals surface area contributed by atoms with Crippen molar-refractivity contribution in [2.75, 3.05) is 18.9 Å². The first-order valence-corrected chi connectivity index (χ1v) is 16.3. The summed E-state index contributed by atoms with van der Waals surface area (Å²) in [5.41, 5.74) is 8.16. The maximum absolute atomic E-state index is 13.3. The minimum Gasteiger partial charge on any atom is -0.313 e. The van der Waals surface area contributed by atoms with Crippen molar-refractivity contribution in [2.45, 2.75) is 37.9 Å². The van der Waals surface area contributed by atoms with Gasteiger partial charge in [0.2, 0.25) is 15.9 Å². The molecule has 44 heavy (non-hydrogen) atoms. The van der Waals surface area contributed by atoms with Gasteiger partial charge in [0.25, 0.3) is 11.8 Å². The van der Waals surface area contributed by atoms with Gasteiger partial charge in [0.1, 0.15) is 5.00 Å². The van der Waals surface area contributed by atoms with E-state index >= 15 is 0 Å². The zero-order chi connectivity index (χ0) is 31.3. The number of amides is 3. The van der Waals surface area contributed by atoms with E-state index in [1.54, 1.807) is 0 Å². The third kappa shape index (κ3) is 7.22. The zero-order valence-corrected chi connectivity index (χ0v) is 26.0. The predicted octanol–water partition coefficient (Wildman–Crippen LogP) is 4.16. The van der Waals surface area contributed by atoms with Gasteiger partial charge in [0, 0.05) is 50.6 Å². The van der Waals surface area contributed by atoms with Gasteiger partial charge < -0.3 is 5.32 Å². The molecule has 3 amide bonds. The highest BCUT2D eigenvalue weighted by molar-refractivity contribution is 7.89. The molecule has 3 aromatic carbocycles. The molecule has 0 fully saturated rings. The van der Waals surface area contributed by atoms with Crippen LogP contribution in [0.2, 0.25) is 0 Å². The fourth-order valence-electron chi connectivity index (χ4n) is 5.03. The summed E-state index contributed by atoms with van der Waals surface area (Å²) in [5.74, 6) is -1.43. The van der Waals surface area contributed by atoms with E-state index in [-0.39, 0.29) is 17.0 Å². The Morgan fingerprint density at radius 1 is 0.864 bits per heavy atom. The number of fused-ring (bicyclic) bond motifs is 1. The molecule has 12 heteroatoms. The third-order valence-corrected chi connectivity index (χ3v) is 10.2. The van der Waals surface area contributed by atoms with Crippen LogP contribution in [0.4, 0.5) is 5.00 Å². The molecule has 1 aliphatic rings. The van der Waals surface area contributed by atoms with Gasteiger partial charge in [-0.25, -0.2) is 8.42 Å². The number of hydrogen-bond acceptors (Lipinski definition) is 7. The number of sulfonamides is 1. The molecule has 2 heterocycles. The van der Waals surface area contributed by atoms with Crippen molar-refractivity contribution >= 4 is 44.1 Å². The Bertz CT molecular complexity index is 1760. The number of thiophene rings is 1. The second-order valence-corrected chi connectivity index (χ2v) is 13.7. The van der Waals surface area contributed by atoms with E-state index in [4.69, 9.17) is 0 Å². The molecule has 0 bridgehead atoms. The Balaban J connectivity index is 1.34. The Morgan fingerprint density at radius 2 is 1.50 bits per heavy atom. The quantitative estimate of drug-likeness (QED) is 0.238. The average Bonchev–Trinajstić information content (AvgIpc) is 3.37. The van der Waals surface area contributed by atoms with E-state index in [9.17, 15) is 22.8 Å². The highest BCUT2D eigenvalue weighted by Gasteiger charge is 2.29. The van der Waals surface area contributed by atoms with Crippen molar-refractivity contribution in [1.82, 2.24) is 20.1 Å². The van der Waals surface area contributed by atoms with Gasteiger partial charge in [-0.3, -0.25) is 30.1 Å². The molecule has 0 radical (unpaired) electrons. The topological polar surface area (TPSA) is 128 Å². The Kier molecular flexibility index (Phi) is 9.55. The van der Waals surface area contributed by atoms with E-state index in [1.807, 2.05) is 48.5 Å². The van der Waals surface area contributed by atoms with Crippen LogP contribution in [0, 0.1) is 0 Å². The number of nitrogens with one attached hydrogen (secondary N) is 3. The minimum atomic E-state index is -3.79. The van der Waals surface area contributed by atoms with E-state index in [1.165, 1.54) is 59.4 Å². The van der Waals surface area contributed by atoms with Crippen molar-refractivity contribution in [3.63, 3.8) is 0 Å². The number of nitrogens with zero attached hydrogens (tertiary/aromatic N) is 2. The first kappa shape index (κ1) is 31.1. The molecule has 0 saturated heterocycles. The summed E-state index contributed by atoms with van der Waals surface area (Å²) in [4.78, 5) is 41.3. The zero-order valence-electron chi connectivity index (χ0n) is 24.4. The van der Waals surface area contributed by atoms with Crippen molar-refractivity contribution in [3.8, 4) is 0 Å². The van der Waals surface area contributed by atoms with Gasteiger partial charge in [-0.15, -0.1) is 11.3 Å². The molecular weight excluding hydrogens is 599 g/mol. The van der Waals surface area contributed by atoms with Crippen molar-refractivity contribution in [1.29, 1.82) is 0 Å². The van der Waals surface area contributed by atoms with Crippen LogP contribution in [0.5, 0.6) is 0 Å². The molecule has 10 nitrogen and oxygen atoms in total. The summed E-state index contributed by atoms with van der Waals surface area (Å²) < 4.78 is 27.5. The van der Waals surface area contributed by atoms with Gasteiger partial charge in [-0.05, 0) is 47.4 Å². The van der Waals surface area contributed by atoms with Gasteiger partial charge in [0.15, 0.2) is 0 Å². The average molecular weight is 632 g/mol. The lowest BCUT2D eigenvalue weighted by Crippen LogP contribution is -2.41. The lowest BCUT2D eigenvalue weighted by molar-refractivity contribution is -0.119. The summed E-state index contributed by atoms with van der Waals surface area (Å²) in [6, 6.07) is 25.1. The summed E-state index contributed by atoms with van der Waals surface area (Å²) in [6.07, 6.45) is 0.598. The molecule has 5 rings (SSSR count). The Morgan fingerprint density at radius 3 is 2.14 bits per heavy atom. The van der Waals surface area contributed by atoms with Crippen molar-refractivity contribution in [2.24, 2.45) is 0 Å². The molecule has 0 aliphatic carbocycles. The molecule has 1 aromatic heterocycles. The van der Waals surface area contributed by atoms with Crippen LogP contribution in [0.25, 0.3) is 0 Å². The minimum absolute atomic E-state index is 0.0629. The van der Waals surface area contributed by atoms with Gasteiger partial charge in [-0.2, -0.15) is 4.31 Å². The monoisotopic (exact) mass is 631 g/mol. The van der Waals surface area contributed by atoms with Gasteiger partial charge >= 0.3 is 0 Å².